The molecule has 0 saturated heterocycles. The smallest absolute Gasteiger partial charge is 0.224 e. The number of amides is 1. The number of nitrogens with zero attached hydrogens (tertiary/aromatic N) is 1. The molecule has 0 radical (unpaired) electrons. The van der Waals surface area contributed by atoms with E-state index in [0.29, 0.717) is 12.5 Å². The molecule has 1 aromatic heterocycles. The molecule has 4 rings (SSSR count). The highest BCUT2D eigenvalue weighted by atomic mass is 32.1. The van der Waals surface area contributed by atoms with Gasteiger partial charge in [-0.2, -0.15) is 0 Å². The largest absolute Gasteiger partial charge is 0.350 e. The fourth-order valence-corrected chi connectivity index (χ4v) is 3.78. The molecule has 2 atom stereocenters. The van der Waals surface area contributed by atoms with Crippen LogP contribution in [0.15, 0.2) is 29.6 Å². The van der Waals surface area contributed by atoms with Crippen LogP contribution in [-0.2, 0) is 11.3 Å². The molecule has 2 aromatic rings. The van der Waals surface area contributed by atoms with Crippen LogP contribution in [0, 0.1) is 11.7 Å². The zero-order valence-corrected chi connectivity index (χ0v) is 12.9. The van der Waals surface area contributed by atoms with Crippen LogP contribution in [0.1, 0.15) is 47.4 Å². The van der Waals surface area contributed by atoms with Crippen LogP contribution in [0.4, 0.5) is 4.39 Å². The Bertz CT molecular complexity index is 693. The van der Waals surface area contributed by atoms with Crippen molar-refractivity contribution in [2.24, 2.45) is 5.92 Å². The van der Waals surface area contributed by atoms with Crippen molar-refractivity contribution in [3.63, 3.8) is 0 Å². The van der Waals surface area contributed by atoms with Gasteiger partial charge in [0.2, 0.25) is 5.91 Å². The highest BCUT2D eigenvalue weighted by Crippen LogP contribution is 2.47. The number of carbonyl (C=O) groups excluding carboxylic acids is 1. The molecule has 1 amide bonds. The van der Waals surface area contributed by atoms with E-state index in [0.717, 1.165) is 17.7 Å². The number of rotatable bonds is 5. The minimum Gasteiger partial charge on any atom is -0.350 e. The summed E-state index contributed by atoms with van der Waals surface area (Å²) < 4.78 is 12.9. The van der Waals surface area contributed by atoms with Crippen molar-refractivity contribution in [1.82, 2.24) is 10.3 Å². The van der Waals surface area contributed by atoms with Crippen LogP contribution >= 0.6 is 11.3 Å². The van der Waals surface area contributed by atoms with Gasteiger partial charge in [0.15, 0.2) is 0 Å². The molecular formula is C17H17FN2OS. The van der Waals surface area contributed by atoms with E-state index in [-0.39, 0.29) is 23.6 Å². The Morgan fingerprint density at radius 2 is 2.09 bits per heavy atom. The average molecular weight is 316 g/mol. The van der Waals surface area contributed by atoms with Crippen LogP contribution < -0.4 is 5.32 Å². The minimum absolute atomic E-state index is 0.0204. The monoisotopic (exact) mass is 316 g/mol. The number of benzene rings is 1. The number of hydrogen-bond donors (Lipinski definition) is 1. The second-order valence-corrected chi connectivity index (χ2v) is 7.06. The average Bonchev–Trinajstić information content (AvgIpc) is 3.44. The summed E-state index contributed by atoms with van der Waals surface area (Å²) in [4.78, 5) is 16.7. The molecule has 0 spiro atoms. The number of carbonyl (C=O) groups is 1. The molecule has 1 heterocycles. The molecule has 1 N–H and O–H groups in total. The summed E-state index contributed by atoms with van der Waals surface area (Å²) >= 11 is 1.70. The number of thiazole rings is 1. The third-order valence-corrected chi connectivity index (χ3v) is 5.42. The van der Waals surface area contributed by atoms with Gasteiger partial charge in [-0.25, -0.2) is 9.37 Å². The summed E-state index contributed by atoms with van der Waals surface area (Å²) in [5.74, 6) is 0.765. The molecule has 3 nitrogen and oxygen atoms in total. The summed E-state index contributed by atoms with van der Waals surface area (Å²) in [5, 5.41) is 6.22. The maximum atomic E-state index is 12.9. The first-order chi connectivity index (χ1) is 10.7. The van der Waals surface area contributed by atoms with Crippen molar-refractivity contribution in [2.45, 2.75) is 37.6 Å². The van der Waals surface area contributed by atoms with E-state index < -0.39 is 0 Å². The topological polar surface area (TPSA) is 42.0 Å². The minimum atomic E-state index is -0.236. The fourth-order valence-electron chi connectivity index (χ4n) is 2.79. The molecule has 2 saturated carbocycles. The maximum absolute atomic E-state index is 12.9. The Hall–Kier alpha value is -1.75. The number of halogens is 1. The van der Waals surface area contributed by atoms with Gasteiger partial charge in [0.05, 0.1) is 17.2 Å². The molecule has 0 aliphatic heterocycles. The lowest BCUT2D eigenvalue weighted by Gasteiger charge is -2.03. The van der Waals surface area contributed by atoms with Gasteiger partial charge in [-0.3, -0.25) is 4.79 Å². The third kappa shape index (κ3) is 2.90. The molecule has 114 valence electrons. The first-order valence-electron chi connectivity index (χ1n) is 7.68. The van der Waals surface area contributed by atoms with Crippen molar-refractivity contribution in [3.05, 3.63) is 51.7 Å². The quantitative estimate of drug-likeness (QED) is 0.916. The highest BCUT2D eigenvalue weighted by Gasteiger charge is 2.43. The van der Waals surface area contributed by atoms with Crippen LogP contribution in [0.2, 0.25) is 0 Å². The molecular weight excluding hydrogens is 299 g/mol. The first kappa shape index (κ1) is 13.9. The summed E-state index contributed by atoms with van der Waals surface area (Å²) in [6.45, 7) is 0.509. The SMILES string of the molecule is O=C(NCc1csc(C2CC2)n1)[C@@H]1C[C@@H]1c1ccc(F)cc1. The Morgan fingerprint density at radius 3 is 2.82 bits per heavy atom. The van der Waals surface area contributed by atoms with Gasteiger partial charge in [-0.15, -0.1) is 11.3 Å². The molecule has 2 fully saturated rings. The Labute approximate surface area is 132 Å². The predicted octanol–water partition coefficient (Wildman–Crippen LogP) is 3.58. The maximum Gasteiger partial charge on any atom is 0.224 e. The predicted molar refractivity (Wildman–Crippen MR) is 83.2 cm³/mol. The van der Waals surface area contributed by atoms with Crippen molar-refractivity contribution in [1.29, 1.82) is 0 Å². The van der Waals surface area contributed by atoms with Gasteiger partial charge >= 0.3 is 0 Å². The van der Waals surface area contributed by atoms with Crippen LogP contribution in [0.3, 0.4) is 0 Å². The van der Waals surface area contributed by atoms with Crippen LogP contribution in [-0.4, -0.2) is 10.9 Å². The molecule has 2 aliphatic rings. The standard InChI is InChI=1S/C17H17FN2OS/c18-12-5-3-10(4-6-12)14-7-15(14)16(21)19-8-13-9-22-17(20-13)11-1-2-11/h3-6,9,11,14-15H,1-2,7-8H2,(H,19,21)/t14-,15-/m1/s1. The fraction of sp³-hybridized carbons (Fsp3) is 0.412. The van der Waals surface area contributed by atoms with Gasteiger partial charge in [0.1, 0.15) is 5.82 Å². The van der Waals surface area contributed by atoms with Crippen molar-refractivity contribution in [3.8, 4) is 0 Å². The van der Waals surface area contributed by atoms with E-state index in [1.54, 1.807) is 23.5 Å². The Kier molecular flexibility index (Phi) is 3.45. The van der Waals surface area contributed by atoms with E-state index >= 15 is 0 Å². The molecule has 0 bridgehead atoms. The van der Waals surface area contributed by atoms with E-state index in [9.17, 15) is 9.18 Å². The second-order valence-electron chi connectivity index (χ2n) is 6.17. The van der Waals surface area contributed by atoms with E-state index in [2.05, 4.69) is 10.3 Å². The zero-order chi connectivity index (χ0) is 15.1. The lowest BCUT2D eigenvalue weighted by Crippen LogP contribution is -2.25. The Balaban J connectivity index is 1.30. The van der Waals surface area contributed by atoms with Gasteiger partial charge < -0.3 is 5.32 Å². The molecule has 0 unspecified atom stereocenters. The normalized spacial score (nSPS) is 23.3. The summed E-state index contributed by atoms with van der Waals surface area (Å²) in [6.07, 6.45) is 3.35. The van der Waals surface area contributed by atoms with Gasteiger partial charge in [0.25, 0.3) is 0 Å². The van der Waals surface area contributed by atoms with Crippen molar-refractivity contribution >= 4 is 17.2 Å². The third-order valence-electron chi connectivity index (χ3n) is 4.37. The van der Waals surface area contributed by atoms with E-state index in [1.807, 2.05) is 5.38 Å². The zero-order valence-electron chi connectivity index (χ0n) is 12.1. The van der Waals surface area contributed by atoms with Crippen molar-refractivity contribution < 1.29 is 9.18 Å². The van der Waals surface area contributed by atoms with Crippen LogP contribution in [0.5, 0.6) is 0 Å². The number of nitrogens with one attached hydrogen (secondary N) is 1. The van der Waals surface area contributed by atoms with Crippen LogP contribution in [0.25, 0.3) is 0 Å². The molecule has 2 aliphatic carbocycles. The van der Waals surface area contributed by atoms with Gasteiger partial charge in [-0.05, 0) is 42.9 Å². The molecule has 22 heavy (non-hydrogen) atoms. The summed E-state index contributed by atoms with van der Waals surface area (Å²) in [7, 11) is 0. The highest BCUT2D eigenvalue weighted by molar-refractivity contribution is 7.09. The van der Waals surface area contributed by atoms with E-state index in [1.165, 1.54) is 30.0 Å². The van der Waals surface area contributed by atoms with Crippen molar-refractivity contribution in [2.75, 3.05) is 0 Å². The molecule has 5 heteroatoms. The Morgan fingerprint density at radius 1 is 1.32 bits per heavy atom. The van der Waals surface area contributed by atoms with E-state index in [4.69, 9.17) is 0 Å². The lowest BCUT2D eigenvalue weighted by molar-refractivity contribution is -0.122. The second kappa shape index (κ2) is 5.47. The summed E-state index contributed by atoms with van der Waals surface area (Å²) in [6, 6.07) is 6.46. The first-order valence-corrected chi connectivity index (χ1v) is 8.56. The summed E-state index contributed by atoms with van der Waals surface area (Å²) in [5.41, 5.74) is 2.01. The number of aromatic nitrogens is 1. The number of hydrogen-bond acceptors (Lipinski definition) is 3. The van der Waals surface area contributed by atoms with Gasteiger partial charge in [-0.1, -0.05) is 12.1 Å². The lowest BCUT2D eigenvalue weighted by atomic mass is 10.1. The molecule has 1 aromatic carbocycles. The van der Waals surface area contributed by atoms with Gasteiger partial charge in [0, 0.05) is 17.2 Å².